The van der Waals surface area contributed by atoms with Crippen molar-refractivity contribution in [1.29, 1.82) is 0 Å². The largest absolute Gasteiger partial charge is 0.340 e. The maximum Gasteiger partial charge on any atom is 0.211 e. The van der Waals surface area contributed by atoms with Crippen LogP contribution in [-0.2, 0) is 29.4 Å². The predicted octanol–water partition coefficient (Wildman–Crippen LogP) is 4.47. The fraction of sp³-hybridized carbons (Fsp3) is 0.217. The molecule has 158 valence electrons. The maximum absolute atomic E-state index is 11.9. The van der Waals surface area contributed by atoms with Gasteiger partial charge in [0.1, 0.15) is 5.82 Å². The number of hydrogen-bond acceptors (Lipinski definition) is 5. The Bertz CT molecular complexity index is 1320. The van der Waals surface area contributed by atoms with E-state index in [1.165, 1.54) is 16.1 Å². The van der Waals surface area contributed by atoms with E-state index in [1.54, 1.807) is 6.20 Å². The van der Waals surface area contributed by atoms with Crippen molar-refractivity contribution in [1.82, 2.24) is 9.29 Å². The van der Waals surface area contributed by atoms with Gasteiger partial charge in [-0.25, -0.2) is 13.4 Å². The number of anilines is 2. The molecule has 0 amide bonds. The summed E-state index contributed by atoms with van der Waals surface area (Å²) in [5.74, 6) is 0.678. The average molecular weight is 453 g/mol. The van der Waals surface area contributed by atoms with Crippen LogP contribution in [0.2, 0.25) is 5.02 Å². The normalized spacial score (nSPS) is 15.9. The number of benzene rings is 2. The summed E-state index contributed by atoms with van der Waals surface area (Å²) in [6, 6.07) is 15.9. The zero-order valence-corrected chi connectivity index (χ0v) is 18.5. The number of fused-ring (bicyclic) bond motifs is 2. The fourth-order valence-electron chi connectivity index (χ4n) is 4.14. The van der Waals surface area contributed by atoms with Gasteiger partial charge in [0.15, 0.2) is 0 Å². The second-order valence-corrected chi connectivity index (χ2v) is 10.2. The number of rotatable bonds is 4. The molecular formula is C23H21ClN4O2S. The van der Waals surface area contributed by atoms with Gasteiger partial charge in [-0.3, -0.25) is 4.99 Å². The predicted molar refractivity (Wildman–Crippen MR) is 124 cm³/mol. The van der Waals surface area contributed by atoms with Crippen molar-refractivity contribution in [2.45, 2.75) is 19.4 Å². The number of halogens is 1. The van der Waals surface area contributed by atoms with Crippen LogP contribution in [0.25, 0.3) is 0 Å². The van der Waals surface area contributed by atoms with Crippen molar-refractivity contribution >= 4 is 44.5 Å². The number of pyridine rings is 1. The second-order valence-electron chi connectivity index (χ2n) is 7.83. The Balaban J connectivity index is 1.43. The first-order valence-electron chi connectivity index (χ1n) is 10.0. The quantitative estimate of drug-likeness (QED) is 0.633. The Kier molecular flexibility index (Phi) is 5.04. The Morgan fingerprint density at radius 2 is 1.90 bits per heavy atom. The van der Waals surface area contributed by atoms with Crippen molar-refractivity contribution < 1.29 is 8.42 Å². The Morgan fingerprint density at radius 1 is 1.10 bits per heavy atom. The third-order valence-corrected chi connectivity index (χ3v) is 7.28. The molecule has 0 aliphatic carbocycles. The summed E-state index contributed by atoms with van der Waals surface area (Å²) < 4.78 is 25.4. The molecule has 2 aliphatic heterocycles. The molecule has 0 spiro atoms. The Labute approximate surface area is 186 Å². The van der Waals surface area contributed by atoms with Gasteiger partial charge in [0, 0.05) is 37.0 Å². The SMILES string of the molecule is CS(=O)(=O)N1CCc2c(cccc2Nc2cc(C3=Nc4ccccc4C3)c(Cl)cn2)C1. The summed E-state index contributed by atoms with van der Waals surface area (Å²) in [7, 11) is -3.21. The van der Waals surface area contributed by atoms with Crippen molar-refractivity contribution in [3.63, 3.8) is 0 Å². The van der Waals surface area contributed by atoms with Gasteiger partial charge in [0.05, 0.1) is 22.7 Å². The number of aromatic nitrogens is 1. The summed E-state index contributed by atoms with van der Waals surface area (Å²) in [6.45, 7) is 0.858. The van der Waals surface area contributed by atoms with Crippen LogP contribution in [0.1, 0.15) is 22.3 Å². The highest BCUT2D eigenvalue weighted by Crippen LogP contribution is 2.33. The monoisotopic (exact) mass is 452 g/mol. The first kappa shape index (κ1) is 20.2. The van der Waals surface area contributed by atoms with Crippen molar-refractivity contribution in [3.8, 4) is 0 Å². The van der Waals surface area contributed by atoms with E-state index < -0.39 is 10.0 Å². The van der Waals surface area contributed by atoms with Crippen LogP contribution < -0.4 is 5.32 Å². The lowest BCUT2D eigenvalue weighted by Gasteiger charge is -2.28. The molecule has 2 aromatic carbocycles. The van der Waals surface area contributed by atoms with Crippen molar-refractivity contribution in [2.75, 3.05) is 18.1 Å². The van der Waals surface area contributed by atoms with Gasteiger partial charge in [-0.15, -0.1) is 0 Å². The molecule has 0 saturated heterocycles. The molecule has 5 rings (SSSR count). The molecule has 3 heterocycles. The van der Waals surface area contributed by atoms with E-state index >= 15 is 0 Å². The second kappa shape index (κ2) is 7.75. The van der Waals surface area contributed by atoms with Gasteiger partial charge in [0.25, 0.3) is 0 Å². The highest BCUT2D eigenvalue weighted by molar-refractivity contribution is 7.88. The highest BCUT2D eigenvalue weighted by Gasteiger charge is 2.25. The van der Waals surface area contributed by atoms with Crippen molar-refractivity contribution in [3.05, 3.63) is 82.0 Å². The van der Waals surface area contributed by atoms with Crippen LogP contribution in [0.3, 0.4) is 0 Å². The maximum atomic E-state index is 11.9. The molecule has 31 heavy (non-hydrogen) atoms. The lowest BCUT2D eigenvalue weighted by Crippen LogP contribution is -2.35. The molecule has 0 atom stereocenters. The molecule has 0 fully saturated rings. The minimum Gasteiger partial charge on any atom is -0.340 e. The van der Waals surface area contributed by atoms with Gasteiger partial charge in [-0.05, 0) is 41.3 Å². The number of hydrogen-bond donors (Lipinski definition) is 1. The van der Waals surface area contributed by atoms with E-state index in [0.717, 1.165) is 40.2 Å². The van der Waals surface area contributed by atoms with Crippen LogP contribution in [0.5, 0.6) is 0 Å². The molecule has 0 unspecified atom stereocenters. The van der Waals surface area contributed by atoms with Gasteiger partial charge in [0.2, 0.25) is 10.0 Å². The molecule has 1 N–H and O–H groups in total. The summed E-state index contributed by atoms with van der Waals surface area (Å²) >= 11 is 6.46. The fourth-order valence-corrected chi connectivity index (χ4v) is 5.15. The zero-order chi connectivity index (χ0) is 21.6. The topological polar surface area (TPSA) is 74.7 Å². The molecule has 3 aromatic rings. The van der Waals surface area contributed by atoms with E-state index in [9.17, 15) is 8.42 Å². The van der Waals surface area contributed by atoms with Crippen LogP contribution in [0.15, 0.2) is 59.7 Å². The van der Waals surface area contributed by atoms with E-state index in [0.29, 0.717) is 30.4 Å². The first-order chi connectivity index (χ1) is 14.9. The van der Waals surface area contributed by atoms with Crippen LogP contribution >= 0.6 is 11.6 Å². The molecule has 1 aromatic heterocycles. The third kappa shape index (κ3) is 3.96. The van der Waals surface area contributed by atoms with Crippen LogP contribution in [0, 0.1) is 0 Å². The Hall–Kier alpha value is -2.74. The number of sulfonamides is 1. The van der Waals surface area contributed by atoms with Crippen LogP contribution in [-0.4, -0.2) is 36.2 Å². The van der Waals surface area contributed by atoms with E-state index in [-0.39, 0.29) is 0 Å². The van der Waals surface area contributed by atoms with Crippen LogP contribution in [0.4, 0.5) is 17.2 Å². The van der Waals surface area contributed by atoms with E-state index in [1.807, 2.05) is 42.5 Å². The molecule has 0 bridgehead atoms. The third-order valence-electron chi connectivity index (χ3n) is 5.73. The van der Waals surface area contributed by atoms with Gasteiger partial charge in [-0.1, -0.05) is 41.9 Å². The molecule has 0 saturated carbocycles. The molecule has 2 aliphatic rings. The lowest BCUT2D eigenvalue weighted by molar-refractivity contribution is 0.395. The highest BCUT2D eigenvalue weighted by atomic mass is 35.5. The van der Waals surface area contributed by atoms with Gasteiger partial charge >= 0.3 is 0 Å². The summed E-state index contributed by atoms with van der Waals surface area (Å²) in [4.78, 5) is 9.20. The summed E-state index contributed by atoms with van der Waals surface area (Å²) in [5.41, 5.74) is 7.01. The summed E-state index contributed by atoms with van der Waals surface area (Å²) in [5, 5.41) is 3.97. The number of nitrogens with zero attached hydrogens (tertiary/aromatic N) is 3. The van der Waals surface area contributed by atoms with E-state index in [4.69, 9.17) is 16.6 Å². The zero-order valence-electron chi connectivity index (χ0n) is 17.0. The number of para-hydroxylation sites is 1. The standard InChI is InChI=1S/C23H21ClN4O2S/c1-31(29,30)28-10-9-17-16(14-28)6-4-8-21(17)27-23-12-18(19(24)13-25-23)22-11-15-5-2-3-7-20(15)26-22/h2-8,12-13H,9-11,14H2,1H3,(H,25,27). The number of aliphatic imine (C=N–C) groups is 1. The molecule has 6 nitrogen and oxygen atoms in total. The molecular weight excluding hydrogens is 432 g/mol. The summed E-state index contributed by atoms with van der Waals surface area (Å²) in [6.07, 6.45) is 4.28. The first-order valence-corrected chi connectivity index (χ1v) is 12.3. The Morgan fingerprint density at radius 3 is 2.71 bits per heavy atom. The van der Waals surface area contributed by atoms with Gasteiger partial charge < -0.3 is 5.32 Å². The minimum atomic E-state index is -3.21. The van der Waals surface area contributed by atoms with Crippen molar-refractivity contribution in [2.24, 2.45) is 4.99 Å². The molecule has 8 heteroatoms. The van der Waals surface area contributed by atoms with Gasteiger partial charge in [-0.2, -0.15) is 4.31 Å². The minimum absolute atomic E-state index is 0.387. The molecule has 0 radical (unpaired) electrons. The van der Waals surface area contributed by atoms with E-state index in [2.05, 4.69) is 16.4 Å². The average Bonchev–Trinajstić information content (AvgIpc) is 3.18. The number of nitrogens with one attached hydrogen (secondary N) is 1. The lowest BCUT2D eigenvalue weighted by atomic mass is 9.99. The smallest absolute Gasteiger partial charge is 0.211 e.